The third-order valence-electron chi connectivity index (χ3n) is 4.01. The van der Waals surface area contributed by atoms with Gasteiger partial charge >= 0.3 is 11.7 Å². The van der Waals surface area contributed by atoms with Crippen LogP contribution in [0.1, 0.15) is 46.6 Å². The van der Waals surface area contributed by atoms with Crippen molar-refractivity contribution < 1.29 is 14.0 Å². The van der Waals surface area contributed by atoms with Gasteiger partial charge in [-0.1, -0.05) is 13.8 Å². The SMILES string of the molecule is CCC(=O)C(CC)n1nnn(C(=O)N(c2ccc(F)cc2)C(C)C)c1=O. The fourth-order valence-corrected chi connectivity index (χ4v) is 2.68. The number of aromatic nitrogens is 4. The predicted molar refractivity (Wildman–Crippen MR) is 93.7 cm³/mol. The molecule has 1 unspecified atom stereocenters. The van der Waals surface area contributed by atoms with Crippen molar-refractivity contribution in [2.45, 2.75) is 52.6 Å². The molecule has 0 aliphatic heterocycles. The summed E-state index contributed by atoms with van der Waals surface area (Å²) in [7, 11) is 0. The second-order valence-corrected chi connectivity index (χ2v) is 6.08. The summed E-state index contributed by atoms with van der Waals surface area (Å²) in [4.78, 5) is 38.7. The first-order chi connectivity index (χ1) is 12.3. The third-order valence-corrected chi connectivity index (χ3v) is 4.01. The minimum absolute atomic E-state index is 0.159. The molecule has 1 amide bonds. The van der Waals surface area contributed by atoms with Crippen molar-refractivity contribution in [2.24, 2.45) is 0 Å². The van der Waals surface area contributed by atoms with Crippen molar-refractivity contribution in [3.63, 3.8) is 0 Å². The lowest BCUT2D eigenvalue weighted by Gasteiger charge is -2.25. The van der Waals surface area contributed by atoms with Gasteiger partial charge in [0.15, 0.2) is 5.78 Å². The number of tetrazole rings is 1. The summed E-state index contributed by atoms with van der Waals surface area (Å²) in [5, 5.41) is 7.36. The summed E-state index contributed by atoms with van der Waals surface area (Å²) in [6.45, 7) is 6.96. The molecule has 1 aromatic carbocycles. The zero-order chi connectivity index (χ0) is 19.4. The number of hydrogen-bond acceptors (Lipinski definition) is 5. The largest absolute Gasteiger partial charge is 0.373 e. The molecule has 8 nitrogen and oxygen atoms in total. The van der Waals surface area contributed by atoms with E-state index in [2.05, 4.69) is 10.4 Å². The van der Waals surface area contributed by atoms with Gasteiger partial charge in [-0.2, -0.15) is 4.68 Å². The van der Waals surface area contributed by atoms with Crippen LogP contribution in [0, 0.1) is 5.82 Å². The highest BCUT2D eigenvalue weighted by Gasteiger charge is 2.28. The van der Waals surface area contributed by atoms with Crippen LogP contribution in [0.3, 0.4) is 0 Å². The highest BCUT2D eigenvalue weighted by atomic mass is 19.1. The fourth-order valence-electron chi connectivity index (χ4n) is 2.68. The zero-order valence-corrected chi connectivity index (χ0v) is 15.2. The number of benzene rings is 1. The second-order valence-electron chi connectivity index (χ2n) is 6.08. The van der Waals surface area contributed by atoms with E-state index in [4.69, 9.17) is 0 Å². The van der Waals surface area contributed by atoms with Gasteiger partial charge in [0.2, 0.25) is 0 Å². The number of nitrogens with zero attached hydrogens (tertiary/aromatic N) is 5. The van der Waals surface area contributed by atoms with Crippen LogP contribution in [0.15, 0.2) is 29.1 Å². The molecule has 0 spiro atoms. The molecule has 0 aliphatic carbocycles. The monoisotopic (exact) mass is 363 g/mol. The van der Waals surface area contributed by atoms with Crippen LogP contribution in [0.5, 0.6) is 0 Å². The first-order valence-electron chi connectivity index (χ1n) is 8.48. The van der Waals surface area contributed by atoms with E-state index >= 15 is 0 Å². The Hall–Kier alpha value is -2.84. The predicted octanol–water partition coefficient (Wildman–Crippen LogP) is 2.39. The molecule has 0 bridgehead atoms. The molecular formula is C17H22FN5O3. The number of carbonyl (C=O) groups is 2. The number of Topliss-reactive ketones (excluding diaryl/α,β-unsaturated/α-hetero) is 1. The van der Waals surface area contributed by atoms with Crippen molar-refractivity contribution in [3.8, 4) is 0 Å². The molecule has 2 rings (SSSR count). The summed E-state index contributed by atoms with van der Waals surface area (Å²) in [5.41, 5.74) is -0.360. The Morgan fingerprint density at radius 1 is 1.15 bits per heavy atom. The van der Waals surface area contributed by atoms with Gasteiger partial charge in [-0.25, -0.2) is 14.0 Å². The number of halogens is 1. The zero-order valence-electron chi connectivity index (χ0n) is 15.2. The Balaban J connectivity index is 2.43. The highest BCUT2D eigenvalue weighted by molar-refractivity contribution is 5.93. The molecule has 0 aliphatic rings. The van der Waals surface area contributed by atoms with Crippen molar-refractivity contribution in [3.05, 3.63) is 40.6 Å². The van der Waals surface area contributed by atoms with E-state index in [1.807, 2.05) is 0 Å². The molecule has 26 heavy (non-hydrogen) atoms. The van der Waals surface area contributed by atoms with Crippen molar-refractivity contribution in [1.82, 2.24) is 19.8 Å². The summed E-state index contributed by atoms with van der Waals surface area (Å²) < 4.78 is 14.7. The van der Waals surface area contributed by atoms with E-state index in [-0.39, 0.29) is 18.2 Å². The van der Waals surface area contributed by atoms with Gasteiger partial charge < -0.3 is 0 Å². The van der Waals surface area contributed by atoms with Crippen molar-refractivity contribution in [1.29, 1.82) is 0 Å². The minimum atomic E-state index is -0.781. The topological polar surface area (TPSA) is 90.1 Å². The van der Waals surface area contributed by atoms with E-state index < -0.39 is 23.6 Å². The lowest BCUT2D eigenvalue weighted by atomic mass is 10.1. The lowest BCUT2D eigenvalue weighted by molar-refractivity contribution is -0.122. The van der Waals surface area contributed by atoms with E-state index in [9.17, 15) is 18.8 Å². The first-order valence-corrected chi connectivity index (χ1v) is 8.48. The molecule has 140 valence electrons. The number of anilines is 1. The van der Waals surface area contributed by atoms with E-state index in [0.29, 0.717) is 16.8 Å². The molecule has 2 aromatic rings. The van der Waals surface area contributed by atoms with Crippen LogP contribution in [0.4, 0.5) is 14.9 Å². The number of hydrogen-bond donors (Lipinski definition) is 0. The molecule has 0 fully saturated rings. The Labute approximate surface area is 150 Å². The normalized spacial score (nSPS) is 12.2. The number of amides is 1. The molecule has 0 radical (unpaired) electrons. The Kier molecular flexibility index (Phi) is 6.01. The molecule has 9 heteroatoms. The van der Waals surface area contributed by atoms with Gasteiger partial charge in [0.25, 0.3) is 0 Å². The maximum atomic E-state index is 13.2. The van der Waals surface area contributed by atoms with E-state index in [1.54, 1.807) is 27.7 Å². The van der Waals surface area contributed by atoms with Crippen LogP contribution in [0.25, 0.3) is 0 Å². The third kappa shape index (κ3) is 3.71. The Morgan fingerprint density at radius 2 is 1.77 bits per heavy atom. The fraction of sp³-hybridized carbons (Fsp3) is 0.471. The smallest absolute Gasteiger partial charge is 0.297 e. The summed E-state index contributed by atoms with van der Waals surface area (Å²) in [6.07, 6.45) is 0.616. The van der Waals surface area contributed by atoms with Crippen LogP contribution in [-0.4, -0.2) is 37.6 Å². The molecule has 0 N–H and O–H groups in total. The molecule has 1 heterocycles. The minimum Gasteiger partial charge on any atom is -0.297 e. The summed E-state index contributed by atoms with van der Waals surface area (Å²) >= 11 is 0. The van der Waals surface area contributed by atoms with E-state index in [0.717, 1.165) is 4.68 Å². The van der Waals surface area contributed by atoms with Gasteiger partial charge in [-0.3, -0.25) is 9.69 Å². The van der Waals surface area contributed by atoms with Crippen LogP contribution < -0.4 is 10.6 Å². The maximum Gasteiger partial charge on any atom is 0.373 e. The Morgan fingerprint density at radius 3 is 2.27 bits per heavy atom. The molecule has 1 aromatic heterocycles. The molecule has 0 saturated carbocycles. The number of carbonyl (C=O) groups excluding carboxylic acids is 2. The van der Waals surface area contributed by atoms with Crippen LogP contribution in [-0.2, 0) is 4.79 Å². The van der Waals surface area contributed by atoms with Gasteiger partial charge in [-0.15, -0.1) is 4.68 Å². The van der Waals surface area contributed by atoms with Gasteiger partial charge in [0, 0.05) is 18.2 Å². The summed E-state index contributed by atoms with van der Waals surface area (Å²) in [5.74, 6) is -0.592. The first kappa shape index (κ1) is 19.5. The average molecular weight is 363 g/mol. The molecule has 0 saturated heterocycles. The van der Waals surface area contributed by atoms with Gasteiger partial charge in [-0.05, 0) is 55.0 Å². The second kappa shape index (κ2) is 8.03. The summed E-state index contributed by atoms with van der Waals surface area (Å²) in [6, 6.07) is 3.55. The number of ketones is 1. The quantitative estimate of drug-likeness (QED) is 0.735. The van der Waals surface area contributed by atoms with E-state index in [1.165, 1.54) is 29.2 Å². The standard InChI is InChI=1S/C17H22FN5O3/c1-5-14(15(24)6-2)22-17(26)23(20-19-22)16(25)21(11(3)4)13-9-7-12(18)8-10-13/h7-11,14H,5-6H2,1-4H3. The van der Waals surface area contributed by atoms with Gasteiger partial charge in [0.05, 0.1) is 0 Å². The molecular weight excluding hydrogens is 341 g/mol. The van der Waals surface area contributed by atoms with Crippen molar-refractivity contribution in [2.75, 3.05) is 4.90 Å². The molecule has 1 atom stereocenters. The Bertz CT molecular complexity index is 841. The van der Waals surface area contributed by atoms with Gasteiger partial charge in [0.1, 0.15) is 11.9 Å². The van der Waals surface area contributed by atoms with Crippen molar-refractivity contribution >= 4 is 17.5 Å². The lowest BCUT2D eigenvalue weighted by Crippen LogP contribution is -2.45. The number of rotatable bonds is 6. The van der Waals surface area contributed by atoms with Crippen LogP contribution in [0.2, 0.25) is 0 Å². The highest BCUT2D eigenvalue weighted by Crippen LogP contribution is 2.18. The maximum absolute atomic E-state index is 13.2. The van der Waals surface area contributed by atoms with Crippen LogP contribution >= 0.6 is 0 Å². The average Bonchev–Trinajstić information content (AvgIpc) is 2.98.